The number of carbonyl (C=O) groups is 1. The Morgan fingerprint density at radius 1 is 1.86 bits per heavy atom. The molecule has 78 valence electrons. The summed E-state index contributed by atoms with van der Waals surface area (Å²) in [4.78, 5) is 14.5. The minimum absolute atomic E-state index is 0.319. The van der Waals surface area contributed by atoms with Gasteiger partial charge in [0.2, 0.25) is 0 Å². The Balaban J connectivity index is 2.83. The number of ether oxygens (including phenoxy) is 1. The van der Waals surface area contributed by atoms with Gasteiger partial charge in [0.15, 0.2) is 0 Å². The Morgan fingerprint density at radius 2 is 2.57 bits per heavy atom. The first-order valence-electron chi connectivity index (χ1n) is 4.06. The van der Waals surface area contributed by atoms with Gasteiger partial charge >= 0.3 is 5.97 Å². The van der Waals surface area contributed by atoms with Crippen molar-refractivity contribution in [3.63, 3.8) is 0 Å². The van der Waals surface area contributed by atoms with Crippen molar-refractivity contribution >= 4 is 35.5 Å². The van der Waals surface area contributed by atoms with Gasteiger partial charge in [-0.15, -0.1) is 11.8 Å². The lowest BCUT2D eigenvalue weighted by molar-refractivity contribution is -0.146. The molecule has 4 nitrogen and oxygen atoms in total. The molecule has 0 aromatic rings. The summed E-state index contributed by atoms with van der Waals surface area (Å²) in [6, 6.07) is 0. The second kappa shape index (κ2) is 4.70. The predicted octanol–water partition coefficient (Wildman–Crippen LogP) is 1.32. The Hall–Kier alpha value is -0.680. The number of rotatable bonds is 3. The molecule has 0 aromatic heterocycles. The van der Waals surface area contributed by atoms with Gasteiger partial charge < -0.3 is 10.1 Å². The zero-order valence-electron chi connectivity index (χ0n) is 7.91. The van der Waals surface area contributed by atoms with Gasteiger partial charge in [0.25, 0.3) is 4.99 Å². The van der Waals surface area contributed by atoms with Gasteiger partial charge in [-0.1, -0.05) is 11.6 Å². The molecule has 1 N–H and O–H groups in total. The number of halogens is 1. The van der Waals surface area contributed by atoms with Crippen molar-refractivity contribution < 1.29 is 9.53 Å². The maximum Gasteiger partial charge on any atom is 0.366 e. The summed E-state index contributed by atoms with van der Waals surface area (Å²) in [7, 11) is 0. The highest BCUT2D eigenvalue weighted by molar-refractivity contribution is 8.00. The van der Waals surface area contributed by atoms with E-state index >= 15 is 0 Å². The van der Waals surface area contributed by atoms with E-state index < -0.39 is 11.0 Å². The SMILES string of the molecule is CCOC(=O)C1(SC)N=CC=C(Cl)N1. The van der Waals surface area contributed by atoms with Crippen molar-refractivity contribution in [1.29, 1.82) is 0 Å². The zero-order valence-corrected chi connectivity index (χ0v) is 9.48. The average Bonchev–Trinajstić information content (AvgIpc) is 2.18. The fourth-order valence-corrected chi connectivity index (χ4v) is 1.82. The third-order valence-electron chi connectivity index (χ3n) is 1.61. The molecular formula is C8H11ClN2O2S. The highest BCUT2D eigenvalue weighted by Gasteiger charge is 2.40. The third kappa shape index (κ3) is 2.22. The van der Waals surface area contributed by atoms with Crippen LogP contribution in [0.1, 0.15) is 6.92 Å². The standard InChI is InChI=1S/C8H11ClN2O2S/c1-3-13-7(12)8(14-2)10-5-4-6(9)11-8/h4-5,11H,3H2,1-2H3. The quantitative estimate of drug-likeness (QED) is 0.591. The van der Waals surface area contributed by atoms with Crippen LogP contribution in [0, 0.1) is 0 Å². The van der Waals surface area contributed by atoms with Crippen LogP contribution in [0.15, 0.2) is 16.2 Å². The van der Waals surface area contributed by atoms with E-state index in [0.717, 1.165) is 0 Å². The molecule has 1 aliphatic rings. The van der Waals surface area contributed by atoms with Gasteiger partial charge in [-0.3, -0.25) is 0 Å². The van der Waals surface area contributed by atoms with Gasteiger partial charge in [0, 0.05) is 6.21 Å². The van der Waals surface area contributed by atoms with Gasteiger partial charge in [-0.25, -0.2) is 9.79 Å². The molecule has 0 radical (unpaired) electrons. The Bertz CT molecular complexity index is 293. The van der Waals surface area contributed by atoms with E-state index in [0.29, 0.717) is 11.8 Å². The molecule has 1 atom stereocenters. The third-order valence-corrected chi connectivity index (χ3v) is 2.80. The largest absolute Gasteiger partial charge is 0.462 e. The van der Waals surface area contributed by atoms with Crippen molar-refractivity contribution in [3.05, 3.63) is 11.2 Å². The van der Waals surface area contributed by atoms with E-state index in [1.807, 2.05) is 0 Å². The predicted molar refractivity (Wildman–Crippen MR) is 58.4 cm³/mol. The molecule has 14 heavy (non-hydrogen) atoms. The molecule has 0 spiro atoms. The van der Waals surface area contributed by atoms with Crippen LogP contribution in [0.25, 0.3) is 0 Å². The topological polar surface area (TPSA) is 50.7 Å². The van der Waals surface area contributed by atoms with Crippen molar-refractivity contribution in [1.82, 2.24) is 5.32 Å². The van der Waals surface area contributed by atoms with Crippen LogP contribution < -0.4 is 5.32 Å². The first kappa shape index (κ1) is 11.4. The highest BCUT2D eigenvalue weighted by atomic mass is 35.5. The highest BCUT2D eigenvalue weighted by Crippen LogP contribution is 2.27. The summed E-state index contributed by atoms with van der Waals surface area (Å²) in [6.45, 7) is 2.07. The van der Waals surface area contributed by atoms with E-state index in [-0.39, 0.29) is 0 Å². The monoisotopic (exact) mass is 234 g/mol. The normalized spacial score (nSPS) is 25.2. The fourth-order valence-electron chi connectivity index (χ4n) is 0.963. The Kier molecular flexibility index (Phi) is 3.83. The number of nitrogens with zero attached hydrogens (tertiary/aromatic N) is 1. The van der Waals surface area contributed by atoms with Crippen LogP contribution in [0.4, 0.5) is 0 Å². The van der Waals surface area contributed by atoms with E-state index in [9.17, 15) is 4.79 Å². The maximum atomic E-state index is 11.6. The number of carbonyl (C=O) groups excluding carboxylic acids is 1. The van der Waals surface area contributed by atoms with Crippen molar-refractivity contribution in [2.45, 2.75) is 11.9 Å². The first-order chi connectivity index (χ1) is 6.64. The van der Waals surface area contributed by atoms with Crippen molar-refractivity contribution in [2.75, 3.05) is 12.9 Å². The second-order valence-corrected chi connectivity index (χ2v) is 3.89. The first-order valence-corrected chi connectivity index (χ1v) is 5.66. The van der Waals surface area contributed by atoms with E-state index in [2.05, 4.69) is 10.3 Å². The summed E-state index contributed by atoms with van der Waals surface area (Å²) < 4.78 is 4.90. The molecule has 6 heteroatoms. The number of nitrogens with one attached hydrogen (secondary N) is 1. The Labute approximate surface area is 91.7 Å². The smallest absolute Gasteiger partial charge is 0.366 e. The van der Waals surface area contributed by atoms with Crippen molar-refractivity contribution in [2.24, 2.45) is 4.99 Å². The molecule has 0 aromatic carbocycles. The van der Waals surface area contributed by atoms with Crippen LogP contribution in [0.3, 0.4) is 0 Å². The number of hydrogen-bond donors (Lipinski definition) is 1. The number of allylic oxidation sites excluding steroid dienone is 1. The molecule has 0 amide bonds. The molecular weight excluding hydrogens is 224 g/mol. The second-order valence-electron chi connectivity index (χ2n) is 2.49. The molecule has 0 aliphatic carbocycles. The van der Waals surface area contributed by atoms with Crippen LogP contribution >= 0.6 is 23.4 Å². The average molecular weight is 235 g/mol. The lowest BCUT2D eigenvalue weighted by atomic mass is 10.4. The van der Waals surface area contributed by atoms with E-state index in [1.165, 1.54) is 18.0 Å². The van der Waals surface area contributed by atoms with Crippen LogP contribution in [0.5, 0.6) is 0 Å². The summed E-state index contributed by atoms with van der Waals surface area (Å²) in [5, 5.41) is 3.16. The molecule has 1 heterocycles. The zero-order chi connectivity index (χ0) is 10.6. The summed E-state index contributed by atoms with van der Waals surface area (Å²) in [6.07, 6.45) is 4.83. The summed E-state index contributed by atoms with van der Waals surface area (Å²) in [5.41, 5.74) is 0. The van der Waals surface area contributed by atoms with Crippen molar-refractivity contribution in [3.8, 4) is 0 Å². The molecule has 0 saturated carbocycles. The number of aliphatic imine (C=N–C) groups is 1. The van der Waals surface area contributed by atoms with Gasteiger partial charge in [0.05, 0.1) is 6.61 Å². The van der Waals surface area contributed by atoms with Crippen LogP contribution in [0.2, 0.25) is 0 Å². The fraction of sp³-hybridized carbons (Fsp3) is 0.500. The van der Waals surface area contributed by atoms with E-state index in [1.54, 1.807) is 19.3 Å². The minimum Gasteiger partial charge on any atom is -0.462 e. The lowest BCUT2D eigenvalue weighted by Gasteiger charge is -2.28. The molecule has 1 aliphatic heterocycles. The molecule has 1 unspecified atom stereocenters. The van der Waals surface area contributed by atoms with Crippen LogP contribution in [-0.4, -0.2) is 30.0 Å². The van der Waals surface area contributed by atoms with Crippen LogP contribution in [-0.2, 0) is 9.53 Å². The maximum absolute atomic E-state index is 11.6. The van der Waals surface area contributed by atoms with Gasteiger partial charge in [-0.05, 0) is 19.3 Å². The number of thioether (sulfide) groups is 1. The summed E-state index contributed by atoms with van der Waals surface area (Å²) in [5.74, 6) is -0.435. The molecule has 0 fully saturated rings. The molecule has 0 bridgehead atoms. The lowest BCUT2D eigenvalue weighted by Crippen LogP contribution is -2.48. The summed E-state index contributed by atoms with van der Waals surface area (Å²) >= 11 is 7.00. The van der Waals surface area contributed by atoms with Gasteiger partial charge in [0.1, 0.15) is 5.16 Å². The van der Waals surface area contributed by atoms with E-state index in [4.69, 9.17) is 16.3 Å². The minimum atomic E-state index is -1.12. The Morgan fingerprint density at radius 3 is 3.07 bits per heavy atom. The number of esters is 1. The number of hydrogen-bond acceptors (Lipinski definition) is 5. The molecule has 1 rings (SSSR count). The van der Waals surface area contributed by atoms with Gasteiger partial charge in [-0.2, -0.15) is 0 Å². The molecule has 0 saturated heterocycles.